The third-order valence-corrected chi connectivity index (χ3v) is 6.03. The molecule has 1 aliphatic rings. The summed E-state index contributed by atoms with van der Waals surface area (Å²) in [6, 6.07) is 6.25. The lowest BCUT2D eigenvalue weighted by Gasteiger charge is -2.18. The van der Waals surface area contributed by atoms with E-state index in [0.717, 1.165) is 36.1 Å². The van der Waals surface area contributed by atoms with Gasteiger partial charge in [-0.1, -0.05) is 31.0 Å². The van der Waals surface area contributed by atoms with Crippen LogP contribution in [0.3, 0.4) is 0 Å². The molecule has 0 spiro atoms. The van der Waals surface area contributed by atoms with Crippen LogP contribution in [0.5, 0.6) is 5.75 Å². The highest BCUT2D eigenvalue weighted by Crippen LogP contribution is 2.30. The van der Waals surface area contributed by atoms with E-state index in [4.69, 9.17) is 16.3 Å². The van der Waals surface area contributed by atoms with Crippen molar-refractivity contribution in [3.8, 4) is 11.4 Å². The van der Waals surface area contributed by atoms with Gasteiger partial charge in [-0.2, -0.15) is 4.68 Å². The molecule has 0 saturated carbocycles. The molecule has 2 aromatic carbocycles. The van der Waals surface area contributed by atoms with Crippen molar-refractivity contribution in [3.05, 3.63) is 68.9 Å². The van der Waals surface area contributed by atoms with Gasteiger partial charge in [-0.15, -0.1) is 5.10 Å². The SMILES string of the molecule is CCCC(C)Oc1cc(-n2nc3n(c2=O)CCCC3)c(F)cc1C(=O)Nc1c(F)cccc1Cl. The Balaban J connectivity index is 1.78. The third-order valence-electron chi connectivity index (χ3n) is 5.72. The van der Waals surface area contributed by atoms with Crippen LogP contribution in [0.15, 0.2) is 35.1 Å². The van der Waals surface area contributed by atoms with Crippen LogP contribution >= 0.6 is 11.6 Å². The molecule has 1 atom stereocenters. The topological polar surface area (TPSA) is 78.2 Å². The van der Waals surface area contributed by atoms with Crippen molar-refractivity contribution in [3.63, 3.8) is 0 Å². The van der Waals surface area contributed by atoms with Gasteiger partial charge in [0.2, 0.25) is 0 Å². The first-order valence-corrected chi connectivity index (χ1v) is 11.6. The summed E-state index contributed by atoms with van der Waals surface area (Å²) >= 11 is 6.02. The molecule has 0 radical (unpaired) electrons. The van der Waals surface area contributed by atoms with Crippen LogP contribution in [0.1, 0.15) is 55.7 Å². The molecule has 7 nitrogen and oxygen atoms in total. The number of aryl methyl sites for hydroxylation is 1. The van der Waals surface area contributed by atoms with Crippen molar-refractivity contribution >= 4 is 23.2 Å². The number of hydrogen-bond acceptors (Lipinski definition) is 4. The van der Waals surface area contributed by atoms with Gasteiger partial charge in [0.1, 0.15) is 28.9 Å². The average molecular weight is 491 g/mol. The normalized spacial score (nSPS) is 13.9. The second-order valence-corrected chi connectivity index (χ2v) is 8.69. The van der Waals surface area contributed by atoms with Crippen molar-refractivity contribution in [2.24, 2.45) is 0 Å². The zero-order valence-electron chi connectivity index (χ0n) is 18.9. The van der Waals surface area contributed by atoms with E-state index in [1.54, 1.807) is 0 Å². The van der Waals surface area contributed by atoms with E-state index in [9.17, 15) is 14.0 Å². The number of carbonyl (C=O) groups excluding carboxylic acids is 1. The minimum Gasteiger partial charge on any atom is -0.490 e. The lowest BCUT2D eigenvalue weighted by molar-refractivity contribution is 0.101. The van der Waals surface area contributed by atoms with E-state index >= 15 is 4.39 Å². The largest absolute Gasteiger partial charge is 0.490 e. The van der Waals surface area contributed by atoms with Crippen molar-refractivity contribution in [2.45, 2.75) is 58.6 Å². The number of anilines is 1. The zero-order valence-corrected chi connectivity index (χ0v) is 19.7. The summed E-state index contributed by atoms with van der Waals surface area (Å²) in [4.78, 5) is 25.9. The number of benzene rings is 2. The Labute approximate surface area is 200 Å². The van der Waals surface area contributed by atoms with Gasteiger partial charge in [0.25, 0.3) is 5.91 Å². The molecule has 10 heteroatoms. The summed E-state index contributed by atoms with van der Waals surface area (Å²) in [5, 5.41) is 6.71. The first-order valence-electron chi connectivity index (χ1n) is 11.2. The van der Waals surface area contributed by atoms with Gasteiger partial charge in [0.05, 0.1) is 22.4 Å². The average Bonchev–Trinajstić information content (AvgIpc) is 3.14. The zero-order chi connectivity index (χ0) is 24.4. The molecule has 1 N–H and O–H groups in total. The van der Waals surface area contributed by atoms with E-state index in [-0.39, 0.29) is 33.8 Å². The van der Waals surface area contributed by atoms with E-state index < -0.39 is 23.2 Å². The summed E-state index contributed by atoms with van der Waals surface area (Å²) in [5.41, 5.74) is -0.938. The van der Waals surface area contributed by atoms with E-state index in [1.165, 1.54) is 22.8 Å². The molecule has 34 heavy (non-hydrogen) atoms. The molecular formula is C24H25ClF2N4O3. The van der Waals surface area contributed by atoms with Gasteiger partial charge >= 0.3 is 5.69 Å². The highest BCUT2D eigenvalue weighted by atomic mass is 35.5. The molecule has 1 amide bonds. The number of halogens is 3. The number of fused-ring (bicyclic) bond motifs is 1. The van der Waals surface area contributed by atoms with Crippen LogP contribution in [-0.4, -0.2) is 26.4 Å². The van der Waals surface area contributed by atoms with Gasteiger partial charge in [-0.25, -0.2) is 13.6 Å². The van der Waals surface area contributed by atoms with Crippen LogP contribution in [0.25, 0.3) is 5.69 Å². The van der Waals surface area contributed by atoms with Crippen LogP contribution in [0, 0.1) is 11.6 Å². The number of nitrogens with one attached hydrogen (secondary N) is 1. The van der Waals surface area contributed by atoms with Gasteiger partial charge in [0.15, 0.2) is 0 Å². The molecule has 180 valence electrons. The molecule has 0 bridgehead atoms. The smallest absolute Gasteiger partial charge is 0.350 e. The number of nitrogens with zero attached hydrogens (tertiary/aromatic N) is 3. The standard InChI is InChI=1S/C24H25ClF2N4O3/c1-3-7-14(2)34-20-13-19(31-24(33)30-11-5-4-10-21(30)29-31)18(27)12-15(20)23(32)28-22-16(25)8-6-9-17(22)26/h6,8-9,12-14H,3-5,7,10-11H2,1-2H3,(H,28,32). The lowest BCUT2D eigenvalue weighted by Crippen LogP contribution is -2.27. The second-order valence-electron chi connectivity index (χ2n) is 8.29. The molecule has 3 aromatic rings. The Bertz CT molecular complexity index is 1270. The summed E-state index contributed by atoms with van der Waals surface area (Å²) in [6.45, 7) is 4.33. The summed E-state index contributed by atoms with van der Waals surface area (Å²) < 4.78 is 38.0. The monoisotopic (exact) mass is 490 g/mol. The Morgan fingerprint density at radius 2 is 2.06 bits per heavy atom. The number of amides is 1. The van der Waals surface area contributed by atoms with Gasteiger partial charge in [-0.3, -0.25) is 9.36 Å². The van der Waals surface area contributed by atoms with Crippen molar-refractivity contribution < 1.29 is 18.3 Å². The number of aromatic nitrogens is 3. The molecule has 1 aliphatic heterocycles. The van der Waals surface area contributed by atoms with E-state index in [1.807, 2.05) is 13.8 Å². The second kappa shape index (κ2) is 9.97. The maximum Gasteiger partial charge on any atom is 0.350 e. The van der Waals surface area contributed by atoms with Crippen molar-refractivity contribution in [1.82, 2.24) is 14.3 Å². The number of hydrogen-bond donors (Lipinski definition) is 1. The van der Waals surface area contributed by atoms with Crippen LogP contribution in [0.2, 0.25) is 5.02 Å². The Hall–Kier alpha value is -3.20. The van der Waals surface area contributed by atoms with E-state index in [2.05, 4.69) is 10.4 Å². The Kier molecular flexibility index (Phi) is 7.02. The van der Waals surface area contributed by atoms with E-state index in [0.29, 0.717) is 25.2 Å². The van der Waals surface area contributed by atoms with Crippen LogP contribution < -0.4 is 15.7 Å². The molecule has 2 heterocycles. The summed E-state index contributed by atoms with van der Waals surface area (Å²) in [6.07, 6.45) is 3.60. The number of rotatable bonds is 7. The molecular weight excluding hydrogens is 466 g/mol. The molecule has 0 saturated heterocycles. The molecule has 1 unspecified atom stereocenters. The van der Waals surface area contributed by atoms with Gasteiger partial charge in [0, 0.05) is 19.0 Å². The fourth-order valence-electron chi connectivity index (χ4n) is 4.02. The molecule has 0 fully saturated rings. The lowest BCUT2D eigenvalue weighted by atomic mass is 10.1. The summed E-state index contributed by atoms with van der Waals surface area (Å²) in [7, 11) is 0. The fourth-order valence-corrected chi connectivity index (χ4v) is 4.23. The first kappa shape index (κ1) is 23.9. The first-order chi connectivity index (χ1) is 16.3. The van der Waals surface area contributed by atoms with Crippen LogP contribution in [-0.2, 0) is 13.0 Å². The Morgan fingerprint density at radius 3 is 2.76 bits per heavy atom. The quantitative estimate of drug-likeness (QED) is 0.498. The fraction of sp³-hybridized carbons (Fsp3) is 0.375. The van der Waals surface area contributed by atoms with Crippen molar-refractivity contribution in [2.75, 3.05) is 5.32 Å². The minimum absolute atomic E-state index is 0.00223. The maximum atomic E-state index is 15.3. The van der Waals surface area contributed by atoms with Crippen molar-refractivity contribution in [1.29, 1.82) is 0 Å². The number of para-hydroxylation sites is 1. The molecule has 1 aromatic heterocycles. The van der Waals surface area contributed by atoms with Gasteiger partial charge in [-0.05, 0) is 44.4 Å². The number of ether oxygens (including phenoxy) is 1. The molecule has 0 aliphatic carbocycles. The molecule has 4 rings (SSSR count). The minimum atomic E-state index is -0.835. The number of carbonyl (C=O) groups is 1. The summed E-state index contributed by atoms with van der Waals surface area (Å²) in [5.74, 6) is -1.71. The predicted octanol–water partition coefficient (Wildman–Crippen LogP) is 5.12. The van der Waals surface area contributed by atoms with Crippen LogP contribution in [0.4, 0.5) is 14.5 Å². The highest BCUT2D eigenvalue weighted by molar-refractivity contribution is 6.34. The van der Waals surface area contributed by atoms with Gasteiger partial charge < -0.3 is 10.1 Å². The maximum absolute atomic E-state index is 15.3. The predicted molar refractivity (Wildman–Crippen MR) is 125 cm³/mol. The Morgan fingerprint density at radius 1 is 1.26 bits per heavy atom. The third kappa shape index (κ3) is 4.70. The highest BCUT2D eigenvalue weighted by Gasteiger charge is 2.24.